The summed E-state index contributed by atoms with van der Waals surface area (Å²) in [7, 11) is -0.0684. The average Bonchev–Trinajstić information content (AvgIpc) is 2.64. The zero-order chi connectivity index (χ0) is 16.2. The van der Waals surface area contributed by atoms with Gasteiger partial charge in [0.2, 0.25) is 10.0 Å². The molecule has 0 aromatic carbocycles. The van der Waals surface area contributed by atoms with Crippen LogP contribution in [0.2, 0.25) is 0 Å². The molecule has 0 spiro atoms. The Morgan fingerprint density at radius 3 is 2.57 bits per heavy atom. The Labute approximate surface area is 127 Å². The van der Waals surface area contributed by atoms with E-state index in [0.29, 0.717) is 29.4 Å². The maximum atomic E-state index is 12.7. The molecule has 1 N–H and O–H groups in total. The van der Waals surface area contributed by atoms with Crippen molar-refractivity contribution in [1.29, 1.82) is 0 Å². The highest BCUT2D eigenvalue weighted by Gasteiger charge is 2.28. The molecule has 1 aromatic rings. The predicted octanol–water partition coefficient (Wildman–Crippen LogP) is 1.31. The Balaban J connectivity index is 3.10. The fraction of sp³-hybridized carbons (Fsp3) is 0.643. The van der Waals surface area contributed by atoms with Crippen molar-refractivity contribution in [1.82, 2.24) is 19.4 Å². The van der Waals surface area contributed by atoms with Crippen molar-refractivity contribution in [2.75, 3.05) is 27.2 Å². The van der Waals surface area contributed by atoms with Gasteiger partial charge in [-0.1, -0.05) is 12.2 Å². The van der Waals surface area contributed by atoms with Gasteiger partial charge in [-0.2, -0.15) is 9.40 Å². The Morgan fingerprint density at radius 2 is 2.05 bits per heavy atom. The van der Waals surface area contributed by atoms with Crippen molar-refractivity contribution in [3.63, 3.8) is 0 Å². The molecular formula is C14H26N4O2S. The number of nitrogens with zero attached hydrogens (tertiary/aromatic N) is 3. The lowest BCUT2D eigenvalue weighted by Gasteiger charge is -2.17. The van der Waals surface area contributed by atoms with Crippen LogP contribution >= 0.6 is 0 Å². The molecule has 0 aliphatic rings. The highest BCUT2D eigenvalue weighted by Crippen LogP contribution is 2.23. The molecule has 1 rings (SSSR count). The molecule has 0 atom stereocenters. The van der Waals surface area contributed by atoms with Gasteiger partial charge in [0.25, 0.3) is 0 Å². The first-order valence-corrected chi connectivity index (χ1v) is 8.45. The van der Waals surface area contributed by atoms with Gasteiger partial charge in [0.05, 0.1) is 11.4 Å². The molecule has 0 aliphatic carbocycles. The van der Waals surface area contributed by atoms with Gasteiger partial charge in [-0.15, -0.1) is 0 Å². The molecule has 0 radical (unpaired) electrons. The fourth-order valence-corrected chi connectivity index (χ4v) is 3.89. The van der Waals surface area contributed by atoms with Gasteiger partial charge in [0, 0.05) is 20.1 Å². The molecule has 0 amide bonds. The lowest BCUT2D eigenvalue weighted by atomic mass is 10.4. The molecule has 0 bridgehead atoms. The lowest BCUT2D eigenvalue weighted by Crippen LogP contribution is -2.29. The quantitative estimate of drug-likeness (QED) is 0.580. The maximum absolute atomic E-state index is 12.7. The van der Waals surface area contributed by atoms with Gasteiger partial charge in [-0.05, 0) is 40.8 Å². The molecule has 120 valence electrons. The topological polar surface area (TPSA) is 67.2 Å². The van der Waals surface area contributed by atoms with Crippen molar-refractivity contribution >= 4 is 10.0 Å². The van der Waals surface area contributed by atoms with Gasteiger partial charge in [-0.3, -0.25) is 4.68 Å². The lowest BCUT2D eigenvalue weighted by molar-refractivity contribution is 0.491. The van der Waals surface area contributed by atoms with Crippen molar-refractivity contribution in [2.45, 2.75) is 38.6 Å². The van der Waals surface area contributed by atoms with Gasteiger partial charge in [0.15, 0.2) is 0 Å². The number of nitrogens with one attached hydrogen (secondary N) is 1. The summed E-state index contributed by atoms with van der Waals surface area (Å²) in [5.41, 5.74) is 2.04. The summed E-state index contributed by atoms with van der Waals surface area (Å²) in [4.78, 5) is 0.315. The highest BCUT2D eigenvalue weighted by molar-refractivity contribution is 7.89. The zero-order valence-corrected chi connectivity index (χ0v) is 14.4. The molecule has 1 heterocycles. The van der Waals surface area contributed by atoms with Crippen LogP contribution in [0.25, 0.3) is 0 Å². The summed E-state index contributed by atoms with van der Waals surface area (Å²) in [6.07, 6.45) is 0.902. The SMILES string of the molecule is C=C(C)CN(C)S(=O)(=O)c1c(C)nn(CCCNC)c1C. The van der Waals surface area contributed by atoms with E-state index in [1.54, 1.807) is 25.6 Å². The van der Waals surface area contributed by atoms with Crippen LogP contribution in [0.4, 0.5) is 0 Å². The smallest absolute Gasteiger partial charge is 0.246 e. The second kappa shape index (κ2) is 7.20. The summed E-state index contributed by atoms with van der Waals surface area (Å²) < 4.78 is 28.4. The third-order valence-corrected chi connectivity index (χ3v) is 5.33. The van der Waals surface area contributed by atoms with Crippen molar-refractivity contribution in [3.05, 3.63) is 23.5 Å². The largest absolute Gasteiger partial charge is 0.320 e. The molecule has 7 heteroatoms. The van der Waals surface area contributed by atoms with Crippen LogP contribution in [0.3, 0.4) is 0 Å². The molecular weight excluding hydrogens is 288 g/mol. The molecule has 6 nitrogen and oxygen atoms in total. The van der Waals surface area contributed by atoms with Crippen molar-refractivity contribution < 1.29 is 8.42 Å². The van der Waals surface area contributed by atoms with Gasteiger partial charge >= 0.3 is 0 Å². The van der Waals surface area contributed by atoms with Gasteiger partial charge in [0.1, 0.15) is 4.90 Å². The minimum Gasteiger partial charge on any atom is -0.320 e. The summed E-state index contributed by atoms with van der Waals surface area (Å²) in [5, 5.41) is 7.44. The van der Waals surface area contributed by atoms with E-state index in [1.807, 2.05) is 14.0 Å². The monoisotopic (exact) mass is 314 g/mol. The molecule has 21 heavy (non-hydrogen) atoms. The maximum Gasteiger partial charge on any atom is 0.246 e. The summed E-state index contributed by atoms with van der Waals surface area (Å²) in [6, 6.07) is 0. The first-order chi connectivity index (χ1) is 9.71. The van der Waals surface area contributed by atoms with E-state index in [9.17, 15) is 8.42 Å². The van der Waals surface area contributed by atoms with Crippen LogP contribution in [0.1, 0.15) is 24.7 Å². The van der Waals surface area contributed by atoms with Crippen molar-refractivity contribution in [2.24, 2.45) is 0 Å². The Kier molecular flexibility index (Phi) is 6.12. The molecule has 0 saturated carbocycles. The minimum atomic E-state index is -3.53. The molecule has 1 aromatic heterocycles. The van der Waals surface area contributed by atoms with Crippen LogP contribution in [0.15, 0.2) is 17.0 Å². The fourth-order valence-electron chi connectivity index (χ4n) is 2.30. The first kappa shape index (κ1) is 17.9. The second-order valence-corrected chi connectivity index (χ2v) is 7.38. The Hall–Kier alpha value is -1.18. The third kappa shape index (κ3) is 4.15. The molecule has 0 unspecified atom stereocenters. The summed E-state index contributed by atoms with van der Waals surface area (Å²) in [6.45, 7) is 11.0. The van der Waals surface area contributed by atoms with E-state index in [1.165, 1.54) is 4.31 Å². The van der Waals surface area contributed by atoms with Crippen LogP contribution in [0.5, 0.6) is 0 Å². The predicted molar refractivity (Wildman–Crippen MR) is 84.9 cm³/mol. The number of aromatic nitrogens is 2. The van der Waals surface area contributed by atoms with Crippen LogP contribution < -0.4 is 5.32 Å². The average molecular weight is 314 g/mol. The van der Waals surface area contributed by atoms with E-state index < -0.39 is 10.0 Å². The Bertz CT molecular complexity index is 605. The van der Waals surface area contributed by atoms with E-state index in [0.717, 1.165) is 18.5 Å². The van der Waals surface area contributed by atoms with Crippen LogP contribution in [-0.4, -0.2) is 49.7 Å². The summed E-state index contributed by atoms with van der Waals surface area (Å²) >= 11 is 0. The minimum absolute atomic E-state index is 0.312. The number of rotatable bonds is 8. The molecule has 0 fully saturated rings. The number of hydrogen-bond donors (Lipinski definition) is 1. The van der Waals surface area contributed by atoms with E-state index in [2.05, 4.69) is 17.0 Å². The molecule has 0 saturated heterocycles. The molecule has 0 aliphatic heterocycles. The number of likely N-dealkylation sites (N-methyl/N-ethyl adjacent to an activating group) is 1. The highest BCUT2D eigenvalue weighted by atomic mass is 32.2. The number of sulfonamides is 1. The van der Waals surface area contributed by atoms with Crippen LogP contribution in [0, 0.1) is 13.8 Å². The standard InChI is InChI=1S/C14H26N4O2S/c1-11(2)10-17(6)21(19,20)14-12(3)16-18(13(14)4)9-7-8-15-5/h15H,1,7-10H2,2-6H3. The first-order valence-electron chi connectivity index (χ1n) is 7.01. The van der Waals surface area contributed by atoms with E-state index in [4.69, 9.17) is 0 Å². The second-order valence-electron chi connectivity index (χ2n) is 5.40. The van der Waals surface area contributed by atoms with E-state index in [-0.39, 0.29) is 0 Å². The summed E-state index contributed by atoms with van der Waals surface area (Å²) in [5.74, 6) is 0. The van der Waals surface area contributed by atoms with Gasteiger partial charge < -0.3 is 5.32 Å². The van der Waals surface area contributed by atoms with Crippen LogP contribution in [-0.2, 0) is 16.6 Å². The van der Waals surface area contributed by atoms with E-state index >= 15 is 0 Å². The zero-order valence-electron chi connectivity index (χ0n) is 13.6. The number of aryl methyl sites for hydroxylation is 2. The van der Waals surface area contributed by atoms with Crippen molar-refractivity contribution in [3.8, 4) is 0 Å². The van der Waals surface area contributed by atoms with Gasteiger partial charge in [-0.25, -0.2) is 8.42 Å². The number of hydrogen-bond acceptors (Lipinski definition) is 4. The Morgan fingerprint density at radius 1 is 1.43 bits per heavy atom. The third-order valence-electron chi connectivity index (χ3n) is 3.27. The normalized spacial score (nSPS) is 12.1.